The van der Waals surface area contributed by atoms with Crippen molar-refractivity contribution in [3.05, 3.63) is 29.8 Å². The van der Waals surface area contributed by atoms with Gasteiger partial charge in [0, 0.05) is 17.7 Å². The first-order valence-corrected chi connectivity index (χ1v) is 8.33. The van der Waals surface area contributed by atoms with E-state index in [1.807, 2.05) is 0 Å². The van der Waals surface area contributed by atoms with Crippen LogP contribution in [0.4, 0.5) is 0 Å². The zero-order chi connectivity index (χ0) is 16.5. The highest BCUT2D eigenvalue weighted by molar-refractivity contribution is 7.90. The van der Waals surface area contributed by atoms with Crippen molar-refractivity contribution in [2.45, 2.75) is 23.8 Å². The lowest BCUT2D eigenvalue weighted by molar-refractivity contribution is -0.141. The maximum Gasteiger partial charge on any atom is 0.306 e. The molecule has 1 aliphatic heterocycles. The summed E-state index contributed by atoms with van der Waals surface area (Å²) in [4.78, 5) is 34.5. The second-order valence-corrected chi connectivity index (χ2v) is 7.15. The lowest BCUT2D eigenvalue weighted by Crippen LogP contribution is -2.28. The van der Waals surface area contributed by atoms with Crippen LogP contribution in [0.25, 0.3) is 0 Å². The molecule has 1 aliphatic rings. The van der Waals surface area contributed by atoms with Crippen LogP contribution in [0.1, 0.15) is 23.2 Å². The topological polar surface area (TPSA) is 115 Å². The Morgan fingerprint density at radius 1 is 1.27 bits per heavy atom. The van der Waals surface area contributed by atoms with Gasteiger partial charge in [-0.3, -0.25) is 14.4 Å². The lowest BCUT2D eigenvalue weighted by atomic mass is 9.92. The van der Waals surface area contributed by atoms with Gasteiger partial charge in [-0.05, 0) is 24.3 Å². The highest BCUT2D eigenvalue weighted by Gasteiger charge is 2.41. The molecule has 118 valence electrons. The first kappa shape index (κ1) is 16.2. The van der Waals surface area contributed by atoms with Crippen LogP contribution >= 0.6 is 0 Å². The van der Waals surface area contributed by atoms with E-state index in [2.05, 4.69) is 0 Å². The molecular weight excluding hydrogens is 312 g/mol. The highest BCUT2D eigenvalue weighted by Crippen LogP contribution is 2.28. The molecule has 1 fully saturated rings. The number of ether oxygens (including phenoxy) is 1. The van der Waals surface area contributed by atoms with Crippen LogP contribution in [0.15, 0.2) is 29.2 Å². The minimum Gasteiger partial charge on any atom is -0.481 e. The minimum absolute atomic E-state index is 0.0644. The molecule has 2 atom stereocenters. The van der Waals surface area contributed by atoms with Crippen molar-refractivity contribution in [2.24, 2.45) is 5.92 Å². The first-order valence-electron chi connectivity index (χ1n) is 6.44. The van der Waals surface area contributed by atoms with Gasteiger partial charge in [-0.1, -0.05) is 0 Å². The Balaban J connectivity index is 2.23. The van der Waals surface area contributed by atoms with Gasteiger partial charge in [0.1, 0.15) is 0 Å². The molecule has 1 saturated heterocycles. The number of rotatable bonds is 5. The van der Waals surface area contributed by atoms with Crippen LogP contribution in [0, 0.1) is 5.92 Å². The smallest absolute Gasteiger partial charge is 0.306 e. The number of benzene rings is 1. The molecule has 0 amide bonds. The molecule has 1 aromatic rings. The maximum atomic E-state index is 12.3. The molecule has 7 nitrogen and oxygen atoms in total. The van der Waals surface area contributed by atoms with Gasteiger partial charge in [-0.25, -0.2) is 8.42 Å². The minimum atomic E-state index is -3.37. The number of carboxylic acid groups (broad SMARTS) is 1. The van der Waals surface area contributed by atoms with Gasteiger partial charge in [-0.15, -0.1) is 0 Å². The fourth-order valence-electron chi connectivity index (χ4n) is 2.31. The third-order valence-electron chi connectivity index (χ3n) is 3.38. The quantitative estimate of drug-likeness (QED) is 0.625. The normalized spacial score (nSPS) is 21.4. The summed E-state index contributed by atoms with van der Waals surface area (Å²) in [6, 6.07) is 5.21. The number of aliphatic carboxylic acids is 1. The monoisotopic (exact) mass is 326 g/mol. The second kappa shape index (κ2) is 5.88. The average molecular weight is 326 g/mol. The Kier molecular flexibility index (Phi) is 4.32. The van der Waals surface area contributed by atoms with Crippen LogP contribution in [-0.4, -0.2) is 43.6 Å². The third kappa shape index (κ3) is 3.51. The standard InChI is InChI=1S/C14H14O7S/c1-22(19,20)10-4-2-8(3-5-10)13(18)14-9(6-11(15)16)7-12(17)21-14/h2-5,9,14H,6-7H2,1H3,(H,15,16)/t9-,14-/m0/s1. The van der Waals surface area contributed by atoms with Gasteiger partial charge in [0.25, 0.3) is 0 Å². The molecule has 0 aliphatic carbocycles. The molecule has 1 heterocycles. The second-order valence-electron chi connectivity index (χ2n) is 5.13. The van der Waals surface area contributed by atoms with Crippen molar-refractivity contribution in [1.29, 1.82) is 0 Å². The molecule has 1 aromatic carbocycles. The van der Waals surface area contributed by atoms with Gasteiger partial charge in [0.15, 0.2) is 15.9 Å². The average Bonchev–Trinajstić information content (AvgIpc) is 2.77. The number of Topliss-reactive ketones (excluding diaryl/α,β-unsaturated/α-hetero) is 1. The van der Waals surface area contributed by atoms with Crippen LogP contribution in [0.5, 0.6) is 0 Å². The van der Waals surface area contributed by atoms with Crippen molar-refractivity contribution in [3.63, 3.8) is 0 Å². The summed E-state index contributed by atoms with van der Waals surface area (Å²) in [5, 5.41) is 8.81. The highest BCUT2D eigenvalue weighted by atomic mass is 32.2. The molecule has 0 aromatic heterocycles. The van der Waals surface area contributed by atoms with Crippen LogP contribution in [0.2, 0.25) is 0 Å². The predicted octanol–water partition coefficient (Wildman–Crippen LogP) is 0.679. The molecule has 1 N–H and O–H groups in total. The maximum absolute atomic E-state index is 12.3. The Bertz CT molecular complexity index is 718. The first-order chi connectivity index (χ1) is 10.2. The number of hydrogen-bond acceptors (Lipinski definition) is 6. The van der Waals surface area contributed by atoms with Gasteiger partial charge in [-0.2, -0.15) is 0 Å². The van der Waals surface area contributed by atoms with Crippen molar-refractivity contribution in [1.82, 2.24) is 0 Å². The predicted molar refractivity (Wildman–Crippen MR) is 74.1 cm³/mol. The van der Waals surface area contributed by atoms with Crippen LogP contribution in [0.3, 0.4) is 0 Å². The number of carbonyl (C=O) groups excluding carboxylic acids is 2. The molecular formula is C14H14O7S. The number of carbonyl (C=O) groups is 3. The summed E-state index contributed by atoms with van der Waals surface area (Å²) < 4.78 is 27.7. The van der Waals surface area contributed by atoms with Crippen LogP contribution < -0.4 is 0 Å². The van der Waals surface area contributed by atoms with E-state index in [1.54, 1.807) is 0 Å². The van der Waals surface area contributed by atoms with E-state index < -0.39 is 39.6 Å². The SMILES string of the molecule is CS(=O)(=O)c1ccc(C(=O)[C@H]2OC(=O)C[C@@H]2CC(=O)O)cc1. The van der Waals surface area contributed by atoms with E-state index in [4.69, 9.17) is 9.84 Å². The fourth-order valence-corrected chi connectivity index (χ4v) is 2.94. The van der Waals surface area contributed by atoms with Crippen molar-refractivity contribution < 1.29 is 32.6 Å². The number of sulfone groups is 1. The van der Waals surface area contributed by atoms with Crippen molar-refractivity contribution in [3.8, 4) is 0 Å². The lowest BCUT2D eigenvalue weighted by Gasteiger charge is -2.14. The van der Waals surface area contributed by atoms with Crippen molar-refractivity contribution >= 4 is 27.6 Å². The van der Waals surface area contributed by atoms with E-state index in [1.165, 1.54) is 24.3 Å². The Labute approximate surface area is 126 Å². The summed E-state index contributed by atoms with van der Waals surface area (Å²) in [6.45, 7) is 0. The van der Waals surface area contributed by atoms with E-state index in [9.17, 15) is 22.8 Å². The summed E-state index contributed by atoms with van der Waals surface area (Å²) in [5.41, 5.74) is 0.169. The molecule has 2 rings (SSSR count). The summed E-state index contributed by atoms with van der Waals surface area (Å²) >= 11 is 0. The zero-order valence-corrected chi connectivity index (χ0v) is 12.5. The molecule has 0 bridgehead atoms. The molecule has 8 heteroatoms. The fraction of sp³-hybridized carbons (Fsp3) is 0.357. The summed E-state index contributed by atoms with van der Waals surface area (Å²) in [5.74, 6) is -2.98. The Hall–Kier alpha value is -2.22. The molecule has 0 spiro atoms. The van der Waals surface area contributed by atoms with E-state index >= 15 is 0 Å². The van der Waals surface area contributed by atoms with Gasteiger partial charge in [0.05, 0.1) is 17.7 Å². The van der Waals surface area contributed by atoms with E-state index in [0.29, 0.717) is 0 Å². The summed E-state index contributed by atoms with van der Waals surface area (Å²) in [7, 11) is -3.37. The molecule has 0 radical (unpaired) electrons. The summed E-state index contributed by atoms with van der Waals surface area (Å²) in [6.07, 6.45) is -0.563. The van der Waals surface area contributed by atoms with E-state index in [0.717, 1.165) is 6.26 Å². The molecule has 0 saturated carbocycles. The van der Waals surface area contributed by atoms with Crippen LogP contribution in [-0.2, 0) is 24.2 Å². The van der Waals surface area contributed by atoms with Gasteiger partial charge >= 0.3 is 11.9 Å². The molecule has 0 unspecified atom stereocenters. The van der Waals surface area contributed by atoms with Gasteiger partial charge < -0.3 is 9.84 Å². The largest absolute Gasteiger partial charge is 0.481 e. The Morgan fingerprint density at radius 3 is 2.36 bits per heavy atom. The Morgan fingerprint density at radius 2 is 1.86 bits per heavy atom. The third-order valence-corrected chi connectivity index (χ3v) is 4.51. The number of esters is 1. The number of cyclic esters (lactones) is 1. The van der Waals surface area contributed by atoms with Crippen molar-refractivity contribution in [2.75, 3.05) is 6.26 Å². The number of ketones is 1. The van der Waals surface area contributed by atoms with Gasteiger partial charge in [0.2, 0.25) is 5.78 Å². The zero-order valence-electron chi connectivity index (χ0n) is 11.7. The van der Waals surface area contributed by atoms with E-state index in [-0.39, 0.29) is 23.3 Å². The number of carboxylic acids is 1. The number of hydrogen-bond donors (Lipinski definition) is 1. The molecule has 22 heavy (non-hydrogen) atoms.